The maximum absolute atomic E-state index is 13.4. The lowest BCUT2D eigenvalue weighted by molar-refractivity contribution is 0.1000. The first-order valence-electron chi connectivity index (χ1n) is 10.4. The molecule has 0 spiro atoms. The Labute approximate surface area is 185 Å². The van der Waals surface area contributed by atoms with Crippen LogP contribution in [0.4, 0.5) is 9.18 Å². The highest BCUT2D eigenvalue weighted by Gasteiger charge is 2.28. The second-order valence-corrected chi connectivity index (χ2v) is 7.54. The quantitative estimate of drug-likeness (QED) is 0.525. The molecule has 3 N–H and O–H groups in total. The van der Waals surface area contributed by atoms with Crippen LogP contribution >= 0.6 is 0 Å². The lowest BCUT2D eigenvalue weighted by atomic mass is 9.98. The van der Waals surface area contributed by atoms with E-state index in [4.69, 9.17) is 10.5 Å². The van der Waals surface area contributed by atoms with Crippen LogP contribution in [0.25, 0.3) is 17.2 Å². The molecule has 0 bridgehead atoms. The first kappa shape index (κ1) is 21.3. The molecule has 0 fully saturated rings. The van der Waals surface area contributed by atoms with Gasteiger partial charge in [-0.25, -0.2) is 9.18 Å². The number of hydrogen-bond donors (Lipinski definition) is 2. The largest absolute Gasteiger partial charge is 0.449 e. The van der Waals surface area contributed by atoms with Crippen molar-refractivity contribution in [3.8, 4) is 11.1 Å². The van der Waals surface area contributed by atoms with Crippen molar-refractivity contribution in [3.05, 3.63) is 101 Å². The third kappa shape index (κ3) is 4.54. The van der Waals surface area contributed by atoms with Gasteiger partial charge in [-0.15, -0.1) is 0 Å². The molecular formula is C26H23FN2O3. The summed E-state index contributed by atoms with van der Waals surface area (Å²) in [6.07, 6.45) is 3.34. The molecule has 2 amide bonds. The molecule has 4 rings (SSSR count). The summed E-state index contributed by atoms with van der Waals surface area (Å²) in [5.41, 5.74) is 10.6. The van der Waals surface area contributed by atoms with E-state index < -0.39 is 17.8 Å². The van der Waals surface area contributed by atoms with Crippen molar-refractivity contribution >= 4 is 18.1 Å². The standard InChI is InChI=1S/C26H23FN2O3/c27-18-12-13-19(25(28)30)17(15-18)7-5-6-14-29-26(31)32-16-24-22-10-3-1-8-20(22)21-9-2-4-11-23(21)24/h1-5,7-13,15,24H,6,14,16H2,(H2,28,30)(H,29,31). The number of nitrogens with two attached hydrogens (primary N) is 1. The Bertz CT molecular complexity index is 1140. The molecule has 6 heteroatoms. The number of carbonyl (C=O) groups is 2. The number of benzene rings is 3. The molecule has 162 valence electrons. The molecule has 32 heavy (non-hydrogen) atoms. The summed E-state index contributed by atoms with van der Waals surface area (Å²) < 4.78 is 18.9. The minimum atomic E-state index is -0.624. The van der Waals surface area contributed by atoms with E-state index >= 15 is 0 Å². The number of amides is 2. The van der Waals surface area contributed by atoms with Gasteiger partial charge in [0.2, 0.25) is 5.91 Å². The number of ether oxygens (including phenoxy) is 1. The van der Waals surface area contributed by atoms with Gasteiger partial charge >= 0.3 is 6.09 Å². The number of fused-ring (bicyclic) bond motifs is 3. The summed E-state index contributed by atoms with van der Waals surface area (Å²) in [5.74, 6) is -1.07. The number of carbonyl (C=O) groups excluding carboxylic acids is 2. The highest BCUT2D eigenvalue weighted by atomic mass is 19.1. The van der Waals surface area contributed by atoms with Gasteiger partial charge in [0.15, 0.2) is 0 Å². The van der Waals surface area contributed by atoms with E-state index in [0.29, 0.717) is 18.5 Å². The van der Waals surface area contributed by atoms with Crippen LogP contribution in [0.1, 0.15) is 39.4 Å². The molecule has 0 saturated carbocycles. The van der Waals surface area contributed by atoms with Gasteiger partial charge in [0.1, 0.15) is 12.4 Å². The van der Waals surface area contributed by atoms with Crippen molar-refractivity contribution in [2.24, 2.45) is 5.73 Å². The predicted molar refractivity (Wildman–Crippen MR) is 122 cm³/mol. The Morgan fingerprint density at radius 1 is 1.00 bits per heavy atom. The normalized spacial score (nSPS) is 12.4. The molecule has 3 aromatic rings. The lowest BCUT2D eigenvalue weighted by Crippen LogP contribution is -2.26. The monoisotopic (exact) mass is 430 g/mol. The zero-order chi connectivity index (χ0) is 22.5. The van der Waals surface area contributed by atoms with Crippen molar-refractivity contribution in [1.82, 2.24) is 5.32 Å². The van der Waals surface area contributed by atoms with Gasteiger partial charge in [0.05, 0.1) is 0 Å². The number of halogens is 1. The maximum atomic E-state index is 13.4. The van der Waals surface area contributed by atoms with E-state index in [1.807, 2.05) is 24.3 Å². The van der Waals surface area contributed by atoms with Crippen LogP contribution in [0.2, 0.25) is 0 Å². The molecule has 0 aromatic heterocycles. The van der Waals surface area contributed by atoms with Crippen LogP contribution < -0.4 is 11.1 Å². The van der Waals surface area contributed by atoms with Gasteiger partial charge in [-0.3, -0.25) is 4.79 Å². The minimum absolute atomic E-state index is 0.00763. The highest BCUT2D eigenvalue weighted by molar-refractivity contribution is 5.96. The van der Waals surface area contributed by atoms with E-state index in [9.17, 15) is 14.0 Å². The lowest BCUT2D eigenvalue weighted by Gasteiger charge is -2.14. The molecule has 0 atom stereocenters. The summed E-state index contributed by atoms with van der Waals surface area (Å²) in [6.45, 7) is 0.593. The van der Waals surface area contributed by atoms with Crippen molar-refractivity contribution in [3.63, 3.8) is 0 Å². The molecular weight excluding hydrogens is 407 g/mol. The van der Waals surface area contributed by atoms with Crippen LogP contribution in [0.3, 0.4) is 0 Å². The van der Waals surface area contributed by atoms with E-state index in [1.165, 1.54) is 29.3 Å². The topological polar surface area (TPSA) is 81.4 Å². The molecule has 5 nitrogen and oxygen atoms in total. The first-order chi connectivity index (χ1) is 15.5. The smallest absolute Gasteiger partial charge is 0.407 e. The number of alkyl carbamates (subject to hydrolysis) is 1. The minimum Gasteiger partial charge on any atom is -0.449 e. The Hall–Kier alpha value is -3.93. The summed E-state index contributed by atoms with van der Waals surface area (Å²) in [7, 11) is 0. The molecule has 0 aliphatic heterocycles. The van der Waals surface area contributed by atoms with Crippen molar-refractivity contribution in [2.75, 3.05) is 13.2 Å². The second-order valence-electron chi connectivity index (χ2n) is 7.54. The molecule has 1 aliphatic rings. The average molecular weight is 430 g/mol. The van der Waals surface area contributed by atoms with Gasteiger partial charge in [-0.1, -0.05) is 60.7 Å². The van der Waals surface area contributed by atoms with Crippen molar-refractivity contribution in [1.29, 1.82) is 0 Å². The van der Waals surface area contributed by atoms with Gasteiger partial charge in [-0.05, 0) is 52.4 Å². The Kier molecular flexibility index (Phi) is 6.31. The Morgan fingerprint density at radius 3 is 2.31 bits per heavy atom. The third-order valence-corrected chi connectivity index (χ3v) is 5.50. The second kappa shape index (κ2) is 9.47. The highest BCUT2D eigenvalue weighted by Crippen LogP contribution is 2.44. The fourth-order valence-electron chi connectivity index (χ4n) is 4.01. The van der Waals surface area contributed by atoms with Gasteiger partial charge in [0, 0.05) is 18.0 Å². The zero-order valence-corrected chi connectivity index (χ0v) is 17.4. The van der Waals surface area contributed by atoms with Crippen LogP contribution in [0, 0.1) is 5.82 Å². The summed E-state index contributed by atoms with van der Waals surface area (Å²) in [5, 5.41) is 2.71. The number of hydrogen-bond acceptors (Lipinski definition) is 3. The molecule has 0 radical (unpaired) electrons. The molecule has 3 aromatic carbocycles. The first-order valence-corrected chi connectivity index (χ1v) is 10.4. The van der Waals surface area contributed by atoms with E-state index in [2.05, 4.69) is 29.6 Å². The van der Waals surface area contributed by atoms with Crippen molar-refractivity contribution < 1.29 is 18.7 Å². The van der Waals surface area contributed by atoms with E-state index in [1.54, 1.807) is 12.2 Å². The maximum Gasteiger partial charge on any atom is 0.407 e. The number of primary amides is 1. The molecule has 0 heterocycles. The molecule has 0 unspecified atom stereocenters. The van der Waals surface area contributed by atoms with Crippen LogP contribution in [0.15, 0.2) is 72.8 Å². The van der Waals surface area contributed by atoms with Gasteiger partial charge < -0.3 is 15.8 Å². The summed E-state index contributed by atoms with van der Waals surface area (Å²) in [6, 6.07) is 20.1. The average Bonchev–Trinajstić information content (AvgIpc) is 3.11. The molecule has 0 saturated heterocycles. The van der Waals surface area contributed by atoms with Crippen molar-refractivity contribution in [2.45, 2.75) is 12.3 Å². The van der Waals surface area contributed by atoms with Crippen LogP contribution in [0.5, 0.6) is 0 Å². The third-order valence-electron chi connectivity index (χ3n) is 5.50. The molecule has 1 aliphatic carbocycles. The van der Waals surface area contributed by atoms with E-state index in [-0.39, 0.29) is 18.1 Å². The number of nitrogens with one attached hydrogen (secondary N) is 1. The predicted octanol–water partition coefficient (Wildman–Crippen LogP) is 4.87. The zero-order valence-electron chi connectivity index (χ0n) is 17.4. The SMILES string of the molecule is NC(=O)c1ccc(F)cc1C=CCCNC(=O)OCC1c2ccccc2-c2ccccc21. The number of rotatable bonds is 7. The fourth-order valence-corrected chi connectivity index (χ4v) is 4.01. The fraction of sp³-hybridized carbons (Fsp3) is 0.154. The van der Waals surface area contributed by atoms with Gasteiger partial charge in [-0.2, -0.15) is 0 Å². The Balaban J connectivity index is 1.29. The Morgan fingerprint density at radius 2 is 1.66 bits per heavy atom. The summed E-state index contributed by atoms with van der Waals surface area (Å²) in [4.78, 5) is 23.6. The van der Waals surface area contributed by atoms with Gasteiger partial charge in [0.25, 0.3) is 0 Å². The van der Waals surface area contributed by atoms with E-state index in [0.717, 1.165) is 11.1 Å². The van der Waals surface area contributed by atoms with Crippen LogP contribution in [-0.4, -0.2) is 25.2 Å². The van der Waals surface area contributed by atoms with Crippen LogP contribution in [-0.2, 0) is 4.74 Å². The summed E-state index contributed by atoms with van der Waals surface area (Å²) >= 11 is 0.